The Balaban J connectivity index is 2.43. The predicted octanol–water partition coefficient (Wildman–Crippen LogP) is -0.734. The normalized spacial score (nSPS) is 21.6. The number of nitrogens with two attached hydrogens (primary N) is 1. The van der Waals surface area contributed by atoms with E-state index in [-0.39, 0.29) is 17.7 Å². The van der Waals surface area contributed by atoms with Crippen LogP contribution in [0, 0.1) is 0 Å². The van der Waals surface area contributed by atoms with Crippen molar-refractivity contribution in [3.05, 3.63) is 0 Å². The van der Waals surface area contributed by atoms with E-state index in [1.54, 1.807) is 0 Å². The molecule has 0 aromatic heterocycles. The molecule has 17 heavy (non-hydrogen) atoms. The minimum absolute atomic E-state index is 0.0446. The Morgan fingerprint density at radius 1 is 1.47 bits per heavy atom. The van der Waals surface area contributed by atoms with Crippen LogP contribution in [0.4, 0.5) is 0 Å². The molecule has 1 fully saturated rings. The maximum atomic E-state index is 11.9. The summed E-state index contributed by atoms with van der Waals surface area (Å²) in [5.74, 6) is 0.0363. The van der Waals surface area contributed by atoms with Gasteiger partial charge >= 0.3 is 0 Å². The quantitative estimate of drug-likeness (QED) is 0.618. The Morgan fingerprint density at radius 3 is 2.76 bits per heavy atom. The molecule has 1 unspecified atom stereocenters. The first-order chi connectivity index (χ1) is 7.95. The highest BCUT2D eigenvalue weighted by atomic mass is 32.2. The van der Waals surface area contributed by atoms with Crippen molar-refractivity contribution < 1.29 is 13.2 Å². The zero-order valence-electron chi connectivity index (χ0n) is 10.2. The molecule has 3 N–H and O–H groups in total. The molecular weight excluding hydrogens is 242 g/mol. The fourth-order valence-corrected chi connectivity index (χ4v) is 3.56. The number of hydrogen-bond acceptors (Lipinski definition) is 4. The van der Waals surface area contributed by atoms with E-state index in [9.17, 15) is 13.2 Å². The molecule has 1 amide bonds. The monoisotopic (exact) mass is 263 g/mol. The van der Waals surface area contributed by atoms with Crippen LogP contribution in [-0.2, 0) is 14.8 Å². The van der Waals surface area contributed by atoms with E-state index < -0.39 is 10.0 Å². The molecule has 1 heterocycles. The van der Waals surface area contributed by atoms with Gasteiger partial charge in [0.25, 0.3) is 0 Å². The van der Waals surface area contributed by atoms with E-state index in [1.807, 2.05) is 0 Å². The average Bonchev–Trinajstić information content (AvgIpc) is 2.66. The van der Waals surface area contributed by atoms with Gasteiger partial charge in [0, 0.05) is 26.1 Å². The second-order valence-electron chi connectivity index (χ2n) is 4.36. The first kappa shape index (κ1) is 14.4. The van der Waals surface area contributed by atoms with Crippen LogP contribution in [0.1, 0.15) is 26.2 Å². The molecule has 0 aliphatic carbocycles. The highest BCUT2D eigenvalue weighted by Crippen LogP contribution is 2.15. The van der Waals surface area contributed by atoms with Crippen molar-refractivity contribution in [1.29, 1.82) is 0 Å². The summed E-state index contributed by atoms with van der Waals surface area (Å²) >= 11 is 0. The number of nitrogens with one attached hydrogen (secondary N) is 1. The molecule has 0 bridgehead atoms. The molecule has 1 saturated heterocycles. The second-order valence-corrected chi connectivity index (χ2v) is 6.44. The van der Waals surface area contributed by atoms with Crippen LogP contribution in [0.5, 0.6) is 0 Å². The van der Waals surface area contributed by atoms with Gasteiger partial charge in [-0.25, -0.2) is 8.42 Å². The summed E-state index contributed by atoms with van der Waals surface area (Å²) in [5.41, 5.74) is 5.33. The number of nitrogens with zero attached hydrogens (tertiary/aromatic N) is 1. The molecule has 7 heteroatoms. The summed E-state index contributed by atoms with van der Waals surface area (Å²) in [6.45, 7) is 2.85. The summed E-state index contributed by atoms with van der Waals surface area (Å²) in [7, 11) is -3.17. The van der Waals surface area contributed by atoms with E-state index in [0.717, 1.165) is 6.42 Å². The maximum absolute atomic E-state index is 11.9. The number of amides is 1. The lowest BCUT2D eigenvalue weighted by Gasteiger charge is -2.16. The lowest BCUT2D eigenvalue weighted by Crippen LogP contribution is -2.38. The number of rotatable bonds is 6. The third-order valence-electron chi connectivity index (χ3n) is 2.81. The fourth-order valence-electron chi connectivity index (χ4n) is 1.94. The number of unbranched alkanes of at least 4 members (excludes halogenated alkanes) is 1. The number of sulfonamides is 1. The van der Waals surface area contributed by atoms with Gasteiger partial charge in [-0.3, -0.25) is 4.79 Å². The highest BCUT2D eigenvalue weighted by Gasteiger charge is 2.31. The summed E-state index contributed by atoms with van der Waals surface area (Å²) in [6.07, 6.45) is 2.01. The zero-order chi connectivity index (χ0) is 12.9. The van der Waals surface area contributed by atoms with E-state index in [0.29, 0.717) is 32.5 Å². The van der Waals surface area contributed by atoms with Crippen molar-refractivity contribution in [3.8, 4) is 0 Å². The Morgan fingerprint density at radius 2 is 2.18 bits per heavy atom. The summed E-state index contributed by atoms with van der Waals surface area (Å²) in [6, 6.07) is -0.0446. The van der Waals surface area contributed by atoms with Crippen molar-refractivity contribution in [2.45, 2.75) is 32.2 Å². The van der Waals surface area contributed by atoms with E-state index in [2.05, 4.69) is 5.32 Å². The van der Waals surface area contributed by atoms with E-state index in [1.165, 1.54) is 11.2 Å². The molecule has 6 nitrogen and oxygen atoms in total. The van der Waals surface area contributed by atoms with Crippen LogP contribution in [-0.4, -0.2) is 50.1 Å². The fraction of sp³-hybridized carbons (Fsp3) is 0.900. The van der Waals surface area contributed by atoms with Gasteiger partial charge in [-0.15, -0.1) is 0 Å². The molecular formula is C10H21N3O3S. The van der Waals surface area contributed by atoms with Gasteiger partial charge in [0.15, 0.2) is 0 Å². The second kappa shape index (κ2) is 6.32. The standard InChI is InChI=1S/C10H21N3O3S/c1-9(14)12-10-4-6-13(8-10)17(15,16)7-3-2-5-11/h10H,2-8,11H2,1H3,(H,12,14). The van der Waals surface area contributed by atoms with Crippen molar-refractivity contribution >= 4 is 15.9 Å². The molecule has 0 spiro atoms. The SMILES string of the molecule is CC(=O)NC1CCN(S(=O)(=O)CCCCN)C1. The van der Waals surface area contributed by atoms with Crippen molar-refractivity contribution in [3.63, 3.8) is 0 Å². The highest BCUT2D eigenvalue weighted by molar-refractivity contribution is 7.89. The molecule has 1 atom stereocenters. The molecule has 1 rings (SSSR count). The largest absolute Gasteiger partial charge is 0.352 e. The Kier molecular flexibility index (Phi) is 5.35. The van der Waals surface area contributed by atoms with Gasteiger partial charge in [0.1, 0.15) is 0 Å². The third kappa shape index (κ3) is 4.61. The van der Waals surface area contributed by atoms with E-state index >= 15 is 0 Å². The molecule has 0 aromatic carbocycles. The first-order valence-corrected chi connectivity index (χ1v) is 7.51. The summed E-state index contributed by atoms with van der Waals surface area (Å²) in [4.78, 5) is 10.9. The Bertz CT molecular complexity index is 356. The molecule has 1 aliphatic rings. The van der Waals surface area contributed by atoms with Gasteiger partial charge in [-0.2, -0.15) is 4.31 Å². The van der Waals surface area contributed by atoms with Crippen LogP contribution < -0.4 is 11.1 Å². The van der Waals surface area contributed by atoms with Crippen LogP contribution in [0.25, 0.3) is 0 Å². The van der Waals surface area contributed by atoms with Gasteiger partial charge in [0.2, 0.25) is 15.9 Å². The topological polar surface area (TPSA) is 92.5 Å². The summed E-state index contributed by atoms with van der Waals surface area (Å²) < 4.78 is 25.3. The van der Waals surface area contributed by atoms with Gasteiger partial charge in [0.05, 0.1) is 5.75 Å². The van der Waals surface area contributed by atoms with Gasteiger partial charge < -0.3 is 11.1 Å². The number of carbonyl (C=O) groups excluding carboxylic acids is 1. The van der Waals surface area contributed by atoms with Crippen LogP contribution in [0.3, 0.4) is 0 Å². The minimum Gasteiger partial charge on any atom is -0.352 e. The van der Waals surface area contributed by atoms with Crippen molar-refractivity contribution in [1.82, 2.24) is 9.62 Å². The van der Waals surface area contributed by atoms with Crippen LogP contribution >= 0.6 is 0 Å². The average molecular weight is 263 g/mol. The van der Waals surface area contributed by atoms with Gasteiger partial charge in [-0.05, 0) is 25.8 Å². The summed E-state index contributed by atoms with van der Waals surface area (Å²) in [5, 5.41) is 2.75. The smallest absolute Gasteiger partial charge is 0.217 e. The van der Waals surface area contributed by atoms with Crippen LogP contribution in [0.15, 0.2) is 0 Å². The Labute approximate surface area is 103 Å². The third-order valence-corrected chi connectivity index (χ3v) is 4.73. The zero-order valence-corrected chi connectivity index (χ0v) is 11.0. The first-order valence-electron chi connectivity index (χ1n) is 5.90. The number of carbonyl (C=O) groups is 1. The van der Waals surface area contributed by atoms with E-state index in [4.69, 9.17) is 5.73 Å². The predicted molar refractivity (Wildman–Crippen MR) is 65.9 cm³/mol. The minimum atomic E-state index is -3.17. The van der Waals surface area contributed by atoms with Crippen LogP contribution in [0.2, 0.25) is 0 Å². The molecule has 0 radical (unpaired) electrons. The van der Waals surface area contributed by atoms with Crippen molar-refractivity contribution in [2.75, 3.05) is 25.4 Å². The molecule has 1 aliphatic heterocycles. The molecule has 100 valence electrons. The Hall–Kier alpha value is -0.660. The lowest BCUT2D eigenvalue weighted by molar-refractivity contribution is -0.119. The number of hydrogen-bond donors (Lipinski definition) is 2. The molecule has 0 aromatic rings. The molecule has 0 saturated carbocycles. The van der Waals surface area contributed by atoms with Gasteiger partial charge in [-0.1, -0.05) is 0 Å². The lowest BCUT2D eigenvalue weighted by atomic mass is 10.3. The maximum Gasteiger partial charge on any atom is 0.217 e. The van der Waals surface area contributed by atoms with Crippen molar-refractivity contribution in [2.24, 2.45) is 5.73 Å².